The van der Waals surface area contributed by atoms with Crippen molar-refractivity contribution in [2.45, 2.75) is 44.1 Å². The van der Waals surface area contributed by atoms with Crippen LogP contribution in [0.2, 0.25) is 0 Å². The Labute approximate surface area is 154 Å². The molecule has 26 heavy (non-hydrogen) atoms. The summed E-state index contributed by atoms with van der Waals surface area (Å²) >= 11 is 0. The first kappa shape index (κ1) is 19.8. The average Bonchev–Trinajstić information content (AvgIpc) is 3.07. The van der Waals surface area contributed by atoms with Crippen LogP contribution in [0.3, 0.4) is 0 Å². The second-order valence-electron chi connectivity index (χ2n) is 6.40. The van der Waals surface area contributed by atoms with Gasteiger partial charge in [0.25, 0.3) is 0 Å². The molecule has 1 heterocycles. The van der Waals surface area contributed by atoms with Crippen LogP contribution < -0.4 is 0 Å². The molecule has 2 rings (SSSR count). The van der Waals surface area contributed by atoms with E-state index in [1.165, 1.54) is 6.92 Å². The van der Waals surface area contributed by atoms with Gasteiger partial charge in [0.2, 0.25) is 0 Å². The number of allylic oxidation sites excluding steroid dienone is 1. The largest absolute Gasteiger partial charge is 0.496 e. The predicted molar refractivity (Wildman–Crippen MR) is 94.1 cm³/mol. The van der Waals surface area contributed by atoms with E-state index < -0.39 is 17.4 Å². The van der Waals surface area contributed by atoms with Crippen molar-refractivity contribution in [1.29, 1.82) is 0 Å². The minimum absolute atomic E-state index is 0.0349. The highest BCUT2D eigenvalue weighted by atomic mass is 16.7. The fourth-order valence-corrected chi connectivity index (χ4v) is 3.63. The highest BCUT2D eigenvalue weighted by molar-refractivity contribution is 5.66. The van der Waals surface area contributed by atoms with E-state index in [9.17, 15) is 4.79 Å². The number of carbonyl (C=O) groups excluding carboxylic acids is 1. The number of esters is 1. The van der Waals surface area contributed by atoms with Crippen LogP contribution in [-0.4, -0.2) is 37.2 Å². The van der Waals surface area contributed by atoms with Gasteiger partial charge >= 0.3 is 11.6 Å². The fourth-order valence-electron chi connectivity index (χ4n) is 3.63. The maximum Gasteiger partial charge on any atom is 0.496 e. The first-order valence-electron chi connectivity index (χ1n) is 8.51. The molecule has 1 unspecified atom stereocenters. The van der Waals surface area contributed by atoms with E-state index in [1.54, 1.807) is 0 Å². The van der Waals surface area contributed by atoms with Crippen LogP contribution in [0.5, 0.6) is 0 Å². The molecule has 0 bridgehead atoms. The number of carbonyl (C=O) groups is 1. The van der Waals surface area contributed by atoms with Crippen LogP contribution in [0, 0.1) is 36.8 Å². The summed E-state index contributed by atoms with van der Waals surface area (Å²) in [6, 6.07) is 0. The molecule has 1 aliphatic heterocycles. The van der Waals surface area contributed by atoms with Gasteiger partial charge < -0.3 is 14.2 Å². The molecule has 1 aliphatic carbocycles. The fraction of sp³-hybridized carbons (Fsp3) is 0.600. The monoisotopic (exact) mass is 354 g/mol. The number of nitrogens with zero attached hydrogens (tertiary/aromatic N) is 2. The molecule has 1 saturated heterocycles. The van der Waals surface area contributed by atoms with Crippen molar-refractivity contribution < 1.29 is 19.0 Å². The SMILES string of the molecule is [C-]#[N+]C(CC#CCOC(C)=O)([N+]#[C-])C1CCC2(C[C@H]1C=C=C)OCCO2. The molecule has 2 atom stereocenters. The van der Waals surface area contributed by atoms with Gasteiger partial charge in [-0.25, -0.2) is 22.8 Å². The van der Waals surface area contributed by atoms with E-state index in [1.807, 2.05) is 6.08 Å². The summed E-state index contributed by atoms with van der Waals surface area (Å²) in [6.07, 6.45) is 3.76. The lowest BCUT2D eigenvalue weighted by Crippen LogP contribution is -2.46. The summed E-state index contributed by atoms with van der Waals surface area (Å²) in [4.78, 5) is 18.1. The normalized spacial score (nSPS) is 23.7. The minimum Gasteiger partial charge on any atom is -0.453 e. The van der Waals surface area contributed by atoms with Crippen molar-refractivity contribution in [3.63, 3.8) is 0 Å². The maximum absolute atomic E-state index is 10.8. The first-order valence-corrected chi connectivity index (χ1v) is 8.51. The Morgan fingerprint density at radius 1 is 1.38 bits per heavy atom. The molecule has 2 fully saturated rings. The summed E-state index contributed by atoms with van der Waals surface area (Å²) in [7, 11) is 0. The molecule has 0 radical (unpaired) electrons. The zero-order chi connectivity index (χ0) is 19.0. The van der Waals surface area contributed by atoms with E-state index in [4.69, 9.17) is 27.4 Å². The van der Waals surface area contributed by atoms with E-state index in [2.05, 4.69) is 33.8 Å². The lowest BCUT2D eigenvalue weighted by molar-refractivity contribution is -0.192. The topological polar surface area (TPSA) is 53.5 Å². The maximum atomic E-state index is 10.8. The molecular formula is C20H22N2O4. The van der Waals surface area contributed by atoms with E-state index in [0.717, 1.165) is 0 Å². The van der Waals surface area contributed by atoms with Gasteiger partial charge in [-0.05, 0) is 12.5 Å². The predicted octanol–water partition coefficient (Wildman–Crippen LogP) is 2.98. The molecule has 136 valence electrons. The van der Waals surface area contributed by atoms with Gasteiger partial charge in [0.05, 0.1) is 13.2 Å². The van der Waals surface area contributed by atoms with Crippen LogP contribution in [-0.2, 0) is 19.0 Å². The van der Waals surface area contributed by atoms with Crippen molar-refractivity contribution in [1.82, 2.24) is 0 Å². The summed E-state index contributed by atoms with van der Waals surface area (Å²) in [6.45, 7) is 21.4. The molecule has 0 N–H and O–H groups in total. The molecular weight excluding hydrogens is 332 g/mol. The number of hydrogen-bond acceptors (Lipinski definition) is 4. The smallest absolute Gasteiger partial charge is 0.453 e. The Bertz CT molecular complexity index is 708. The van der Waals surface area contributed by atoms with Crippen molar-refractivity contribution in [2.24, 2.45) is 11.8 Å². The van der Waals surface area contributed by atoms with Gasteiger partial charge in [0.1, 0.15) is 5.92 Å². The molecule has 0 amide bonds. The lowest BCUT2D eigenvalue weighted by atomic mass is 9.69. The third kappa shape index (κ3) is 4.34. The Morgan fingerprint density at radius 2 is 2.08 bits per heavy atom. The van der Waals surface area contributed by atoms with Crippen LogP contribution in [0.15, 0.2) is 18.4 Å². The Hall–Kier alpha value is -2.55. The van der Waals surface area contributed by atoms with Crippen LogP contribution in [0.1, 0.15) is 32.6 Å². The van der Waals surface area contributed by atoms with Gasteiger partial charge in [0.15, 0.2) is 18.8 Å². The van der Waals surface area contributed by atoms with Crippen molar-refractivity contribution in [3.05, 3.63) is 41.2 Å². The molecule has 6 heteroatoms. The van der Waals surface area contributed by atoms with Crippen molar-refractivity contribution >= 4 is 5.97 Å². The number of hydrogen-bond donors (Lipinski definition) is 0. The summed E-state index contributed by atoms with van der Waals surface area (Å²) in [5.41, 5.74) is 1.51. The van der Waals surface area contributed by atoms with E-state index in [0.29, 0.717) is 32.5 Å². The highest BCUT2D eigenvalue weighted by Crippen LogP contribution is 2.48. The van der Waals surface area contributed by atoms with Gasteiger partial charge in [-0.2, -0.15) is 0 Å². The third-order valence-corrected chi connectivity index (χ3v) is 4.85. The first-order chi connectivity index (χ1) is 12.5. The molecule has 0 aromatic rings. The molecule has 2 aliphatic rings. The minimum atomic E-state index is -1.29. The standard InChI is InChI=1S/C20H22N2O4/c1-5-8-17-15-19(25-13-14-26-19)11-9-18(17)20(21-3,22-4)10-6-7-12-24-16(2)23/h8,17-18H,1,9-15H2,2H3/t17-,18?/m1/s1. The third-order valence-electron chi connectivity index (χ3n) is 4.85. The van der Waals surface area contributed by atoms with E-state index >= 15 is 0 Å². The Balaban J connectivity index is 2.18. The second-order valence-corrected chi connectivity index (χ2v) is 6.40. The summed E-state index contributed by atoms with van der Waals surface area (Å²) < 4.78 is 16.4. The van der Waals surface area contributed by atoms with Gasteiger partial charge in [-0.15, -0.1) is 5.73 Å². The molecule has 6 nitrogen and oxygen atoms in total. The second kappa shape index (κ2) is 8.70. The van der Waals surface area contributed by atoms with Gasteiger partial charge in [0, 0.05) is 25.7 Å². The molecule has 0 aromatic heterocycles. The number of rotatable bonds is 4. The van der Waals surface area contributed by atoms with E-state index in [-0.39, 0.29) is 24.9 Å². The highest BCUT2D eigenvalue weighted by Gasteiger charge is 2.59. The zero-order valence-electron chi connectivity index (χ0n) is 14.9. The van der Waals surface area contributed by atoms with Crippen molar-refractivity contribution in [3.8, 4) is 11.8 Å². The number of ether oxygens (including phenoxy) is 3. The van der Waals surface area contributed by atoms with Crippen LogP contribution in [0.4, 0.5) is 0 Å². The average molecular weight is 354 g/mol. The zero-order valence-corrected chi connectivity index (χ0v) is 14.9. The van der Waals surface area contributed by atoms with Gasteiger partial charge in [-0.3, -0.25) is 4.79 Å². The van der Waals surface area contributed by atoms with Crippen molar-refractivity contribution in [2.75, 3.05) is 19.8 Å². The lowest BCUT2D eigenvalue weighted by Gasteiger charge is -2.39. The summed E-state index contributed by atoms with van der Waals surface area (Å²) in [5.74, 6) is 4.20. The Kier molecular flexibility index (Phi) is 6.62. The molecule has 1 saturated carbocycles. The Morgan fingerprint density at radius 3 is 2.65 bits per heavy atom. The molecule has 1 spiro atoms. The quantitative estimate of drug-likeness (QED) is 0.337. The summed E-state index contributed by atoms with van der Waals surface area (Å²) in [5, 5.41) is 0. The van der Waals surface area contributed by atoms with Gasteiger partial charge in [-0.1, -0.05) is 18.4 Å². The molecule has 0 aromatic carbocycles. The van der Waals surface area contributed by atoms with Crippen LogP contribution in [0.25, 0.3) is 9.69 Å². The van der Waals surface area contributed by atoms with Crippen LogP contribution >= 0.6 is 0 Å².